The molecule has 208 valence electrons. The fraction of sp³-hybridized carbons (Fsp3) is 0.280. The molecule has 0 radical (unpaired) electrons. The third-order valence-electron chi connectivity index (χ3n) is 6.83. The van der Waals surface area contributed by atoms with Crippen molar-refractivity contribution in [1.82, 2.24) is 4.57 Å². The molecule has 2 aliphatic heterocycles. The zero-order chi connectivity index (χ0) is 29.1. The Balaban J connectivity index is 1.45. The maximum absolute atomic E-state index is 13.5. The number of anilines is 2. The molecule has 3 heterocycles. The van der Waals surface area contributed by atoms with Crippen LogP contribution >= 0.6 is 23.1 Å². The number of nitrogens with zero attached hydrogens (tertiary/aromatic N) is 3. The number of amides is 3. The molecule has 0 saturated carbocycles. The summed E-state index contributed by atoms with van der Waals surface area (Å²) in [7, 11) is 0. The predicted molar refractivity (Wildman–Crippen MR) is 140 cm³/mol. The molecule has 0 unspecified atom stereocenters. The molecule has 0 bridgehead atoms. The molecule has 40 heavy (non-hydrogen) atoms. The summed E-state index contributed by atoms with van der Waals surface area (Å²) < 4.78 is 41.2. The van der Waals surface area contributed by atoms with Crippen LogP contribution in [-0.2, 0) is 32.5 Å². The van der Waals surface area contributed by atoms with E-state index in [1.54, 1.807) is 13.8 Å². The molecule has 2 aromatic carbocycles. The number of halogens is 3. The number of para-hydroxylation sites is 1. The first-order chi connectivity index (χ1) is 18.7. The molecule has 2 aliphatic rings. The van der Waals surface area contributed by atoms with Gasteiger partial charge in [0.15, 0.2) is 0 Å². The van der Waals surface area contributed by atoms with Crippen LogP contribution in [0.3, 0.4) is 0 Å². The van der Waals surface area contributed by atoms with Crippen LogP contribution in [0.15, 0.2) is 58.4 Å². The van der Waals surface area contributed by atoms with E-state index in [1.165, 1.54) is 36.4 Å². The van der Waals surface area contributed by atoms with Crippen molar-refractivity contribution in [2.75, 3.05) is 10.2 Å². The van der Waals surface area contributed by atoms with Gasteiger partial charge >= 0.3 is 11.0 Å². The number of thioether (sulfide) groups is 1. The number of benzene rings is 2. The van der Waals surface area contributed by atoms with E-state index < -0.39 is 68.1 Å². The minimum atomic E-state index is -4.71. The molecular formula is C25H19F3N4O6S2. The second-order valence-corrected chi connectivity index (χ2v) is 11.8. The molecular weight excluding hydrogens is 573 g/mol. The standard InChI is InChI=1S/C25H19F3N4O6S2/c1-24(2)17-18(21(35)31(20(17)34)12-7-9-13(10-8-12)32(37)38)39-22-19(24)40-23(36)30(22)11-16(33)29-15-6-4-3-5-14(15)25(26,27)28/h3-10,17-18H,11H2,1-2H3,(H,29,33)/t17-,18+/m1/s1. The van der Waals surface area contributed by atoms with Gasteiger partial charge in [0.2, 0.25) is 17.7 Å². The number of hydrogen-bond acceptors (Lipinski definition) is 8. The maximum atomic E-state index is 13.5. The average molecular weight is 593 g/mol. The van der Waals surface area contributed by atoms with Crippen molar-refractivity contribution in [3.63, 3.8) is 0 Å². The smallest absolute Gasteiger partial charge is 0.324 e. The van der Waals surface area contributed by atoms with Gasteiger partial charge in [-0.1, -0.05) is 49.1 Å². The molecule has 0 aliphatic carbocycles. The number of fused-ring (bicyclic) bond motifs is 2. The second kappa shape index (κ2) is 9.59. The van der Waals surface area contributed by atoms with Gasteiger partial charge < -0.3 is 5.32 Å². The summed E-state index contributed by atoms with van der Waals surface area (Å²) in [4.78, 5) is 64.0. The van der Waals surface area contributed by atoms with Crippen molar-refractivity contribution in [1.29, 1.82) is 0 Å². The van der Waals surface area contributed by atoms with Crippen molar-refractivity contribution >= 4 is 57.9 Å². The summed E-state index contributed by atoms with van der Waals surface area (Å²) in [5.74, 6) is -2.85. The van der Waals surface area contributed by atoms with Crippen molar-refractivity contribution in [3.05, 3.63) is 78.8 Å². The number of imide groups is 1. The molecule has 3 amide bonds. The number of carbonyl (C=O) groups is 3. The first kappa shape index (κ1) is 27.6. The van der Waals surface area contributed by atoms with Gasteiger partial charge in [0.25, 0.3) is 5.69 Å². The molecule has 2 atom stereocenters. The van der Waals surface area contributed by atoms with E-state index >= 15 is 0 Å². The number of aromatic nitrogens is 1. The molecule has 1 aromatic heterocycles. The lowest BCUT2D eigenvalue weighted by Gasteiger charge is -2.36. The SMILES string of the molecule is CC1(C)c2sc(=O)n(CC(=O)Nc3ccccc3C(F)(F)F)c2S[C@@H]2C(=O)N(c3ccc([N+](=O)[O-])cc3)C(=O)[C@@H]21. The number of rotatable bonds is 5. The van der Waals surface area contributed by atoms with E-state index in [0.29, 0.717) is 4.88 Å². The van der Waals surface area contributed by atoms with Crippen LogP contribution in [0.5, 0.6) is 0 Å². The van der Waals surface area contributed by atoms with Gasteiger partial charge in [-0.05, 0) is 24.3 Å². The molecule has 5 rings (SSSR count). The number of nitrogens with one attached hydrogen (secondary N) is 1. The molecule has 0 spiro atoms. The number of nitro groups is 1. The lowest BCUT2D eigenvalue weighted by Crippen LogP contribution is -2.42. The van der Waals surface area contributed by atoms with E-state index in [1.807, 2.05) is 0 Å². The number of nitro benzene ring substituents is 1. The third kappa shape index (κ3) is 4.48. The summed E-state index contributed by atoms with van der Waals surface area (Å²) in [6, 6.07) is 9.42. The highest BCUT2D eigenvalue weighted by atomic mass is 32.2. The second-order valence-electron chi connectivity index (χ2n) is 9.70. The number of thiazole rings is 1. The topological polar surface area (TPSA) is 132 Å². The summed E-state index contributed by atoms with van der Waals surface area (Å²) in [6.07, 6.45) is -4.71. The zero-order valence-electron chi connectivity index (χ0n) is 20.7. The minimum Gasteiger partial charge on any atom is -0.324 e. The number of alkyl halides is 3. The lowest BCUT2D eigenvalue weighted by molar-refractivity contribution is -0.384. The molecule has 10 nitrogen and oxygen atoms in total. The first-order valence-electron chi connectivity index (χ1n) is 11.7. The first-order valence-corrected chi connectivity index (χ1v) is 13.4. The Morgan fingerprint density at radius 2 is 1.73 bits per heavy atom. The van der Waals surface area contributed by atoms with Crippen LogP contribution in [0.4, 0.5) is 30.2 Å². The summed E-state index contributed by atoms with van der Waals surface area (Å²) in [5, 5.41) is 12.5. The van der Waals surface area contributed by atoms with Crippen LogP contribution < -0.4 is 15.1 Å². The van der Waals surface area contributed by atoms with Crippen molar-refractivity contribution in [3.8, 4) is 0 Å². The predicted octanol–water partition coefficient (Wildman–Crippen LogP) is 4.42. The van der Waals surface area contributed by atoms with Gasteiger partial charge in [-0.2, -0.15) is 13.2 Å². The van der Waals surface area contributed by atoms with E-state index in [0.717, 1.165) is 44.7 Å². The molecule has 3 aromatic rings. The van der Waals surface area contributed by atoms with Crippen LogP contribution in [0.25, 0.3) is 0 Å². The quantitative estimate of drug-likeness (QED) is 0.264. The Hall–Kier alpha value is -3.98. The largest absolute Gasteiger partial charge is 0.418 e. The Labute approximate surface area is 231 Å². The van der Waals surface area contributed by atoms with Crippen LogP contribution in [0.1, 0.15) is 24.3 Å². The highest BCUT2D eigenvalue weighted by Gasteiger charge is 2.59. The highest BCUT2D eigenvalue weighted by molar-refractivity contribution is 8.00. The van der Waals surface area contributed by atoms with Crippen LogP contribution in [0.2, 0.25) is 0 Å². The van der Waals surface area contributed by atoms with Gasteiger partial charge in [0.05, 0.1) is 32.8 Å². The van der Waals surface area contributed by atoms with Gasteiger partial charge in [-0.25, -0.2) is 4.90 Å². The van der Waals surface area contributed by atoms with Gasteiger partial charge in [-0.15, -0.1) is 0 Å². The van der Waals surface area contributed by atoms with E-state index in [9.17, 15) is 42.5 Å². The fourth-order valence-corrected chi connectivity index (χ4v) is 7.96. The summed E-state index contributed by atoms with van der Waals surface area (Å²) in [6.45, 7) is 2.80. The van der Waals surface area contributed by atoms with E-state index in [-0.39, 0.29) is 16.4 Å². The van der Waals surface area contributed by atoms with E-state index in [4.69, 9.17) is 0 Å². The van der Waals surface area contributed by atoms with Gasteiger partial charge in [0, 0.05) is 22.4 Å². The molecule has 15 heteroatoms. The van der Waals surface area contributed by atoms with Crippen molar-refractivity contribution in [2.24, 2.45) is 5.92 Å². The highest BCUT2D eigenvalue weighted by Crippen LogP contribution is 2.54. The summed E-state index contributed by atoms with van der Waals surface area (Å²) in [5.41, 5.74) is -2.56. The Bertz CT molecular complexity index is 1630. The maximum Gasteiger partial charge on any atom is 0.418 e. The van der Waals surface area contributed by atoms with Crippen LogP contribution in [-0.4, -0.2) is 32.5 Å². The average Bonchev–Trinajstić information content (AvgIpc) is 3.32. The fourth-order valence-electron chi connectivity index (χ4n) is 4.92. The monoisotopic (exact) mass is 592 g/mol. The summed E-state index contributed by atoms with van der Waals surface area (Å²) >= 11 is 1.75. The normalized spacial score (nSPS) is 19.8. The Morgan fingerprint density at radius 1 is 1.07 bits per heavy atom. The van der Waals surface area contributed by atoms with Crippen LogP contribution in [0, 0.1) is 16.0 Å². The Morgan fingerprint density at radius 3 is 2.35 bits per heavy atom. The van der Waals surface area contributed by atoms with E-state index in [2.05, 4.69) is 5.32 Å². The minimum absolute atomic E-state index is 0.162. The lowest BCUT2D eigenvalue weighted by atomic mass is 9.76. The Kier molecular flexibility index (Phi) is 6.61. The number of hydrogen-bond donors (Lipinski definition) is 1. The zero-order valence-corrected chi connectivity index (χ0v) is 22.4. The number of carbonyl (C=O) groups excluding carboxylic acids is 3. The van der Waals surface area contributed by atoms with Crippen molar-refractivity contribution in [2.45, 2.75) is 42.3 Å². The molecule has 1 N–H and O–H groups in total. The molecule has 1 fully saturated rings. The number of non-ortho nitro benzene ring substituents is 1. The third-order valence-corrected chi connectivity index (χ3v) is 9.65. The molecule has 1 saturated heterocycles. The van der Waals surface area contributed by atoms with Gasteiger partial charge in [-0.3, -0.25) is 33.9 Å². The van der Waals surface area contributed by atoms with Crippen molar-refractivity contribution < 1.29 is 32.5 Å². The van der Waals surface area contributed by atoms with Gasteiger partial charge in [0.1, 0.15) is 11.8 Å².